The van der Waals surface area contributed by atoms with Gasteiger partial charge in [-0.05, 0) is 48.9 Å². The first-order valence-electron chi connectivity index (χ1n) is 8.69. The predicted molar refractivity (Wildman–Crippen MR) is 96.8 cm³/mol. The molecule has 7 heteroatoms. The lowest BCUT2D eigenvalue weighted by molar-refractivity contribution is -0.122. The Morgan fingerprint density at radius 2 is 2.16 bits per heavy atom. The Morgan fingerprint density at radius 3 is 2.96 bits per heavy atom. The molecule has 1 aliphatic heterocycles. The summed E-state index contributed by atoms with van der Waals surface area (Å²) in [5.74, 6) is -0.504. The second kappa shape index (κ2) is 6.55. The van der Waals surface area contributed by atoms with Crippen LogP contribution in [0.5, 0.6) is 0 Å². The van der Waals surface area contributed by atoms with Crippen molar-refractivity contribution in [3.05, 3.63) is 34.3 Å². The first kappa shape index (κ1) is 16.2. The van der Waals surface area contributed by atoms with Crippen LogP contribution in [0.15, 0.2) is 18.2 Å². The molecule has 130 valence electrons. The van der Waals surface area contributed by atoms with Gasteiger partial charge in [-0.2, -0.15) is 0 Å². The average Bonchev–Trinajstić information content (AvgIpc) is 3.33. The summed E-state index contributed by atoms with van der Waals surface area (Å²) in [4.78, 5) is 26.6. The molecule has 0 spiro atoms. The van der Waals surface area contributed by atoms with Crippen LogP contribution in [0.25, 0.3) is 0 Å². The molecule has 2 amide bonds. The number of carbonyl (C=O) groups excluding carboxylic acids is 2. The van der Waals surface area contributed by atoms with Crippen LogP contribution in [0.3, 0.4) is 0 Å². The highest BCUT2D eigenvalue weighted by Gasteiger charge is 2.35. The van der Waals surface area contributed by atoms with Crippen molar-refractivity contribution >= 4 is 34.0 Å². The SMILES string of the molecule is CCc1nnc(NC(=O)[C@@H]2CC(=O)N(c3ccc4c(c3)CCC4)C2)s1. The number of anilines is 2. The molecule has 0 saturated carbocycles. The third-order valence-corrected chi connectivity index (χ3v) is 5.87. The number of hydrogen-bond acceptors (Lipinski definition) is 5. The smallest absolute Gasteiger partial charge is 0.231 e. The van der Waals surface area contributed by atoms with Crippen LogP contribution in [0.2, 0.25) is 0 Å². The van der Waals surface area contributed by atoms with E-state index in [4.69, 9.17) is 0 Å². The van der Waals surface area contributed by atoms with Crippen LogP contribution in [0, 0.1) is 5.92 Å². The normalized spacial score (nSPS) is 19.3. The molecule has 2 heterocycles. The number of benzene rings is 1. The molecule has 0 bridgehead atoms. The van der Waals surface area contributed by atoms with Crippen molar-refractivity contribution in [1.82, 2.24) is 10.2 Å². The highest BCUT2D eigenvalue weighted by molar-refractivity contribution is 7.15. The second-order valence-corrected chi connectivity index (χ2v) is 7.62. The minimum Gasteiger partial charge on any atom is -0.312 e. The van der Waals surface area contributed by atoms with E-state index >= 15 is 0 Å². The third-order valence-electron chi connectivity index (χ3n) is 4.89. The maximum atomic E-state index is 12.5. The number of aromatic nitrogens is 2. The summed E-state index contributed by atoms with van der Waals surface area (Å²) in [5, 5.41) is 12.2. The minimum atomic E-state index is -0.352. The molecule has 6 nitrogen and oxygen atoms in total. The molecule has 1 aromatic heterocycles. The van der Waals surface area contributed by atoms with Gasteiger partial charge in [-0.3, -0.25) is 9.59 Å². The van der Waals surface area contributed by atoms with E-state index in [1.165, 1.54) is 28.9 Å². The van der Waals surface area contributed by atoms with E-state index in [2.05, 4.69) is 27.6 Å². The van der Waals surface area contributed by atoms with Gasteiger partial charge in [0.05, 0.1) is 5.92 Å². The summed E-state index contributed by atoms with van der Waals surface area (Å²) >= 11 is 1.38. The lowest BCUT2D eigenvalue weighted by Crippen LogP contribution is -2.28. The van der Waals surface area contributed by atoms with Gasteiger partial charge >= 0.3 is 0 Å². The van der Waals surface area contributed by atoms with Gasteiger partial charge in [0, 0.05) is 18.7 Å². The molecular formula is C18H20N4O2S. The van der Waals surface area contributed by atoms with Gasteiger partial charge in [0.25, 0.3) is 0 Å². The van der Waals surface area contributed by atoms with Crippen molar-refractivity contribution in [3.8, 4) is 0 Å². The van der Waals surface area contributed by atoms with Gasteiger partial charge in [-0.1, -0.05) is 24.3 Å². The monoisotopic (exact) mass is 356 g/mol. The van der Waals surface area contributed by atoms with Crippen LogP contribution in [0.1, 0.15) is 35.9 Å². The zero-order valence-electron chi connectivity index (χ0n) is 14.1. The Balaban J connectivity index is 1.45. The van der Waals surface area contributed by atoms with Gasteiger partial charge < -0.3 is 10.2 Å². The van der Waals surface area contributed by atoms with Crippen LogP contribution in [0.4, 0.5) is 10.8 Å². The molecule has 0 unspecified atom stereocenters. The predicted octanol–water partition coefficient (Wildman–Crippen LogP) is 2.58. The van der Waals surface area contributed by atoms with Crippen LogP contribution in [-0.4, -0.2) is 28.6 Å². The Hall–Kier alpha value is -2.28. The summed E-state index contributed by atoms with van der Waals surface area (Å²) in [6.45, 7) is 2.42. The maximum absolute atomic E-state index is 12.5. The van der Waals surface area contributed by atoms with Gasteiger partial charge in [0.1, 0.15) is 5.01 Å². The van der Waals surface area contributed by atoms with Gasteiger partial charge in [0.2, 0.25) is 16.9 Å². The van der Waals surface area contributed by atoms with E-state index in [1.807, 2.05) is 13.0 Å². The number of nitrogens with one attached hydrogen (secondary N) is 1. The fourth-order valence-electron chi connectivity index (χ4n) is 3.51. The van der Waals surface area contributed by atoms with Gasteiger partial charge in [-0.25, -0.2) is 0 Å². The number of carbonyl (C=O) groups is 2. The van der Waals surface area contributed by atoms with E-state index in [0.29, 0.717) is 11.7 Å². The van der Waals surface area contributed by atoms with E-state index < -0.39 is 0 Å². The largest absolute Gasteiger partial charge is 0.312 e. The van der Waals surface area contributed by atoms with Crippen molar-refractivity contribution in [2.75, 3.05) is 16.8 Å². The molecule has 4 rings (SSSR count). The van der Waals surface area contributed by atoms with E-state index in [9.17, 15) is 9.59 Å². The first-order chi connectivity index (χ1) is 12.1. The van der Waals surface area contributed by atoms with E-state index in [1.54, 1.807) is 4.90 Å². The molecular weight excluding hydrogens is 336 g/mol. The third kappa shape index (κ3) is 3.16. The standard InChI is InChI=1S/C18H20N4O2S/c1-2-15-20-21-18(25-15)19-17(24)13-9-16(23)22(10-13)14-7-6-11-4-3-5-12(11)8-14/h6-8,13H,2-5,9-10H2,1H3,(H,19,21,24)/t13-/m1/s1. The zero-order chi connectivity index (χ0) is 17.4. The Labute approximate surface area is 150 Å². The van der Waals surface area contributed by atoms with E-state index in [-0.39, 0.29) is 24.2 Å². The summed E-state index contributed by atoms with van der Waals surface area (Å²) in [7, 11) is 0. The molecule has 2 aliphatic rings. The number of fused-ring (bicyclic) bond motifs is 1. The molecule has 1 fully saturated rings. The fourth-order valence-corrected chi connectivity index (χ4v) is 4.20. The number of nitrogens with zero attached hydrogens (tertiary/aromatic N) is 3. The first-order valence-corrected chi connectivity index (χ1v) is 9.51. The van der Waals surface area contributed by atoms with Crippen molar-refractivity contribution in [2.24, 2.45) is 5.92 Å². The Morgan fingerprint density at radius 1 is 1.32 bits per heavy atom. The minimum absolute atomic E-state index is 0.00427. The Bertz CT molecular complexity index is 832. The van der Waals surface area contributed by atoms with E-state index in [0.717, 1.165) is 30.0 Å². The topological polar surface area (TPSA) is 75.2 Å². The van der Waals surface area contributed by atoms with Gasteiger partial charge in [-0.15, -0.1) is 10.2 Å². The summed E-state index contributed by atoms with van der Waals surface area (Å²) in [5.41, 5.74) is 3.62. The average molecular weight is 356 g/mol. The molecule has 2 aromatic rings. The molecule has 0 radical (unpaired) electrons. The summed E-state index contributed by atoms with van der Waals surface area (Å²) in [6, 6.07) is 6.23. The fraction of sp³-hybridized carbons (Fsp3) is 0.444. The molecule has 1 atom stereocenters. The number of amides is 2. The second-order valence-electron chi connectivity index (χ2n) is 6.56. The highest BCUT2D eigenvalue weighted by atomic mass is 32.1. The molecule has 1 N–H and O–H groups in total. The number of aryl methyl sites for hydroxylation is 3. The number of hydrogen-bond donors (Lipinski definition) is 1. The van der Waals surface area contributed by atoms with Crippen molar-refractivity contribution in [3.63, 3.8) is 0 Å². The lowest BCUT2D eigenvalue weighted by Gasteiger charge is -2.17. The van der Waals surface area contributed by atoms with Crippen molar-refractivity contribution in [2.45, 2.75) is 39.0 Å². The van der Waals surface area contributed by atoms with Crippen LogP contribution >= 0.6 is 11.3 Å². The highest BCUT2D eigenvalue weighted by Crippen LogP contribution is 2.31. The van der Waals surface area contributed by atoms with Crippen molar-refractivity contribution in [1.29, 1.82) is 0 Å². The van der Waals surface area contributed by atoms with Crippen LogP contribution < -0.4 is 10.2 Å². The molecule has 1 saturated heterocycles. The lowest BCUT2D eigenvalue weighted by atomic mass is 10.1. The maximum Gasteiger partial charge on any atom is 0.231 e. The summed E-state index contributed by atoms with van der Waals surface area (Å²) in [6.07, 6.45) is 4.41. The zero-order valence-corrected chi connectivity index (χ0v) is 14.9. The molecule has 1 aromatic carbocycles. The summed E-state index contributed by atoms with van der Waals surface area (Å²) < 4.78 is 0. The quantitative estimate of drug-likeness (QED) is 0.914. The molecule has 25 heavy (non-hydrogen) atoms. The van der Waals surface area contributed by atoms with Gasteiger partial charge in [0.15, 0.2) is 0 Å². The molecule has 1 aliphatic carbocycles. The van der Waals surface area contributed by atoms with Crippen molar-refractivity contribution < 1.29 is 9.59 Å². The van der Waals surface area contributed by atoms with Crippen LogP contribution in [-0.2, 0) is 28.9 Å². The number of rotatable bonds is 4. The Kier molecular flexibility index (Phi) is 4.25.